The van der Waals surface area contributed by atoms with Crippen molar-refractivity contribution < 1.29 is 38.9 Å². The maximum Gasteiger partial charge on any atom is 2.00 e. The number of carbonyl (C=O) groups excluding carboxylic acids is 2. The fraction of sp³-hybridized carbons (Fsp3) is 0.895. The zero-order valence-corrected chi connectivity index (χ0v) is 59.6. The van der Waals surface area contributed by atoms with Gasteiger partial charge in [-0.1, -0.05) is 373 Å². The van der Waals surface area contributed by atoms with Crippen molar-refractivity contribution >= 4 is 61.6 Å². The Bertz CT molecular complexity index is 1310. The average molecular weight is 1230 g/mol. The molecule has 8 nitrogen and oxygen atoms in total. The second-order valence-corrected chi connectivity index (χ2v) is 25.6. The number of ether oxygens (including phenoxy) is 2. The van der Waals surface area contributed by atoms with Crippen molar-refractivity contribution in [3.05, 3.63) is 24.3 Å². The van der Waals surface area contributed by atoms with Crippen LogP contribution in [0.5, 0.6) is 0 Å². The number of rotatable bonds is 68. The van der Waals surface area contributed by atoms with Crippen LogP contribution in [0.4, 0.5) is 0 Å². The Hall–Kier alpha value is -1.38. The molecule has 0 saturated heterocycles. The fourth-order valence-electron chi connectivity index (χ4n) is 11.4. The summed E-state index contributed by atoms with van der Waals surface area (Å²) >= 11 is 0. The average Bonchev–Trinajstić information content (AvgIpc) is 3.55. The third-order valence-electron chi connectivity index (χ3n) is 17.1. The molecule has 0 aliphatic heterocycles. The monoisotopic (exact) mass is 1230 g/mol. The molecule has 2 atom stereocenters. The number of aliphatic carboxylic acids is 2. The maximum absolute atomic E-state index is 12.5. The molecule has 0 radical (unpaired) electrons. The molecule has 0 saturated carbocycles. The van der Waals surface area contributed by atoms with Crippen LogP contribution in [0.1, 0.15) is 413 Å². The van der Waals surface area contributed by atoms with Gasteiger partial charge >= 0.3 is 61.6 Å². The SMILES string of the molecule is CCCCCCCCCCCCCC=CCC(CC(=O)O)C(=O)OCCCCCCCCCCCCCCCCCC.CCCCCCCCCCCCCC=CCC(CC(=O)O)C(=O)OCCCCCCCCCCCCCCCCCC.[Ca+2]. The molecular weight excluding hydrogens is 1080 g/mol. The van der Waals surface area contributed by atoms with E-state index in [1.807, 2.05) is 12.2 Å². The van der Waals surface area contributed by atoms with E-state index in [0.717, 1.165) is 38.5 Å². The number of allylic oxidation sites excluding steroid dienone is 4. The first-order chi connectivity index (χ1) is 41.2. The van der Waals surface area contributed by atoms with Crippen LogP contribution in [0.25, 0.3) is 0 Å². The first-order valence-corrected chi connectivity index (χ1v) is 37.3. The topological polar surface area (TPSA) is 127 Å². The van der Waals surface area contributed by atoms with Crippen LogP contribution < -0.4 is 0 Å². The Balaban J connectivity index is -0.00000156. The largest absolute Gasteiger partial charge is 2.00 e. The number of carboxylic acids is 2. The predicted molar refractivity (Wildman–Crippen MR) is 368 cm³/mol. The van der Waals surface area contributed by atoms with Crippen molar-refractivity contribution in [2.24, 2.45) is 11.8 Å². The number of hydrogen-bond acceptors (Lipinski definition) is 6. The van der Waals surface area contributed by atoms with Gasteiger partial charge in [0.25, 0.3) is 0 Å². The van der Waals surface area contributed by atoms with Gasteiger partial charge in [-0.25, -0.2) is 0 Å². The minimum Gasteiger partial charge on any atom is -0.481 e. The van der Waals surface area contributed by atoms with E-state index in [1.165, 1.54) is 321 Å². The van der Waals surface area contributed by atoms with Gasteiger partial charge in [0.1, 0.15) is 0 Å². The number of unbranched alkanes of at least 4 members (excludes halogenated alkanes) is 52. The van der Waals surface area contributed by atoms with Crippen LogP contribution in [0.15, 0.2) is 24.3 Å². The number of carboxylic acid groups (broad SMARTS) is 2. The Morgan fingerprint density at radius 2 is 0.447 bits per heavy atom. The van der Waals surface area contributed by atoms with Crippen molar-refractivity contribution in [1.82, 2.24) is 0 Å². The zero-order chi connectivity index (χ0) is 61.5. The number of esters is 2. The molecule has 9 heteroatoms. The normalized spacial score (nSPS) is 12.1. The zero-order valence-electron chi connectivity index (χ0n) is 57.4. The van der Waals surface area contributed by atoms with Gasteiger partial charge in [-0.2, -0.15) is 0 Å². The van der Waals surface area contributed by atoms with Crippen molar-refractivity contribution in [2.45, 2.75) is 413 Å². The predicted octanol–water partition coefficient (Wildman–Crippen LogP) is 24.7. The second-order valence-electron chi connectivity index (χ2n) is 25.6. The Morgan fingerprint density at radius 3 is 0.635 bits per heavy atom. The molecule has 0 aromatic heterocycles. The molecule has 85 heavy (non-hydrogen) atoms. The standard InChI is InChI=1S/2C38H72O4.Ca/c2*1-3-5-7-9-11-13-15-17-19-20-22-24-26-28-30-32-34-42-38(41)36(35-37(39)40)33-31-29-27-25-23-21-18-16-14-12-10-8-6-4-2;/h2*29,31,36H,3-28,30,32-35H2,1-2H3,(H,39,40);/q;;+2. The van der Waals surface area contributed by atoms with E-state index in [2.05, 4.69) is 39.8 Å². The summed E-state index contributed by atoms with van der Waals surface area (Å²) in [5.41, 5.74) is 0. The summed E-state index contributed by atoms with van der Waals surface area (Å²) in [4.78, 5) is 47.5. The van der Waals surface area contributed by atoms with Crippen LogP contribution in [0.2, 0.25) is 0 Å². The smallest absolute Gasteiger partial charge is 0.481 e. The van der Waals surface area contributed by atoms with Gasteiger partial charge in [0.15, 0.2) is 0 Å². The Labute approximate surface area is 558 Å². The summed E-state index contributed by atoms with van der Waals surface area (Å²) < 4.78 is 10.9. The van der Waals surface area contributed by atoms with Crippen molar-refractivity contribution in [3.8, 4) is 0 Å². The molecule has 0 bridgehead atoms. The Morgan fingerprint density at radius 1 is 0.271 bits per heavy atom. The van der Waals surface area contributed by atoms with Crippen molar-refractivity contribution in [3.63, 3.8) is 0 Å². The fourth-order valence-corrected chi connectivity index (χ4v) is 11.4. The molecule has 2 unspecified atom stereocenters. The van der Waals surface area contributed by atoms with E-state index in [-0.39, 0.29) is 62.5 Å². The minimum absolute atomic E-state index is 0. The first kappa shape index (κ1) is 87.8. The molecule has 0 fully saturated rings. The van der Waals surface area contributed by atoms with Gasteiger partial charge in [0.05, 0.1) is 37.9 Å². The molecule has 0 rings (SSSR count). The van der Waals surface area contributed by atoms with Crippen LogP contribution in [0.3, 0.4) is 0 Å². The van der Waals surface area contributed by atoms with Crippen LogP contribution >= 0.6 is 0 Å². The minimum atomic E-state index is -0.932. The molecule has 0 aromatic carbocycles. The summed E-state index contributed by atoms with van der Waals surface area (Å²) in [5, 5.41) is 18.5. The van der Waals surface area contributed by atoms with E-state index in [4.69, 9.17) is 9.47 Å². The summed E-state index contributed by atoms with van der Waals surface area (Å²) in [7, 11) is 0. The maximum atomic E-state index is 12.5. The van der Waals surface area contributed by atoms with Crippen molar-refractivity contribution in [1.29, 1.82) is 0 Å². The van der Waals surface area contributed by atoms with E-state index in [1.54, 1.807) is 0 Å². The van der Waals surface area contributed by atoms with Crippen molar-refractivity contribution in [2.75, 3.05) is 13.2 Å². The van der Waals surface area contributed by atoms with Gasteiger partial charge < -0.3 is 19.7 Å². The molecule has 2 N–H and O–H groups in total. The number of carbonyl (C=O) groups is 4. The third kappa shape index (κ3) is 75.0. The molecule has 496 valence electrons. The van der Waals surface area contributed by atoms with Crippen LogP contribution in [-0.2, 0) is 28.7 Å². The quantitative estimate of drug-likeness (QED) is 0.0267. The molecule has 0 aliphatic carbocycles. The van der Waals surface area contributed by atoms with Gasteiger partial charge in [-0.3, -0.25) is 19.2 Å². The van der Waals surface area contributed by atoms with E-state index in [9.17, 15) is 29.4 Å². The summed E-state index contributed by atoms with van der Waals surface area (Å²) in [6, 6.07) is 0. The molecule has 0 amide bonds. The van der Waals surface area contributed by atoms with E-state index < -0.39 is 23.8 Å². The number of hydrogen-bond donors (Lipinski definition) is 2. The van der Waals surface area contributed by atoms with Crippen LogP contribution in [-0.4, -0.2) is 85.0 Å². The molecule has 0 spiro atoms. The summed E-state index contributed by atoms with van der Waals surface area (Å²) in [6.45, 7) is 9.91. The molecule has 0 aromatic rings. The van der Waals surface area contributed by atoms with E-state index >= 15 is 0 Å². The van der Waals surface area contributed by atoms with Gasteiger partial charge in [-0.15, -0.1) is 0 Å². The van der Waals surface area contributed by atoms with Gasteiger partial charge in [0, 0.05) is 0 Å². The second kappa shape index (κ2) is 76.9. The summed E-state index contributed by atoms with van der Waals surface area (Å²) in [5.74, 6) is -3.71. The van der Waals surface area contributed by atoms with Gasteiger partial charge in [-0.05, 0) is 51.4 Å². The molecule has 0 aliphatic rings. The summed E-state index contributed by atoms with van der Waals surface area (Å²) in [6.07, 6.45) is 82.3. The van der Waals surface area contributed by atoms with Crippen LogP contribution in [0, 0.1) is 11.8 Å². The molecular formula is C76H144CaO8+2. The van der Waals surface area contributed by atoms with Gasteiger partial charge in [0.2, 0.25) is 0 Å². The first-order valence-electron chi connectivity index (χ1n) is 37.3. The van der Waals surface area contributed by atoms with E-state index in [0.29, 0.717) is 26.1 Å². The Kier molecular flexibility index (Phi) is 79.4. The third-order valence-corrected chi connectivity index (χ3v) is 17.1. The molecule has 0 heterocycles.